The number of hydrogen-bond donors (Lipinski definition) is 9. The van der Waals surface area contributed by atoms with Crippen LogP contribution in [0.25, 0.3) is 0 Å². The molecule has 12 N–H and O–H groups in total. The molecule has 1 heterocycles. The van der Waals surface area contributed by atoms with Gasteiger partial charge in [-0.1, -0.05) is 38.1 Å². The molecule has 15 heteroatoms. The van der Waals surface area contributed by atoms with Crippen LogP contribution in [0, 0.1) is 11.8 Å². The fourth-order valence-corrected chi connectivity index (χ4v) is 5.82. The number of Topliss-reactive ketones (excluding diaryl/α,β-unsaturated/α-hetero) is 1. The highest BCUT2D eigenvalue weighted by molar-refractivity contribution is 5.96. The second-order valence-electron chi connectivity index (χ2n) is 13.6. The van der Waals surface area contributed by atoms with Crippen molar-refractivity contribution in [2.24, 2.45) is 29.0 Å². The van der Waals surface area contributed by atoms with Crippen LogP contribution in [0.3, 0.4) is 0 Å². The third-order valence-corrected chi connectivity index (χ3v) is 8.67. The summed E-state index contributed by atoms with van der Waals surface area (Å²) >= 11 is 0. The minimum Gasteiger partial charge on any atom is -0.508 e. The van der Waals surface area contributed by atoms with Crippen LogP contribution in [-0.4, -0.2) is 88.9 Å². The molecule has 1 aromatic rings. The summed E-state index contributed by atoms with van der Waals surface area (Å²) in [7, 11) is 0. The molecule has 4 amide bonds. The number of amides is 4. The van der Waals surface area contributed by atoms with E-state index in [4.69, 9.17) is 17.2 Å². The first-order valence-corrected chi connectivity index (χ1v) is 17.8. The monoisotopic (exact) mass is 715 g/mol. The predicted octanol–water partition coefficient (Wildman–Crippen LogP) is 0.515. The van der Waals surface area contributed by atoms with E-state index in [2.05, 4.69) is 21.3 Å². The Morgan fingerprint density at radius 1 is 0.882 bits per heavy atom. The van der Waals surface area contributed by atoms with Gasteiger partial charge in [0.05, 0.1) is 18.0 Å². The van der Waals surface area contributed by atoms with E-state index in [1.807, 2.05) is 13.8 Å². The van der Waals surface area contributed by atoms with Gasteiger partial charge in [0.15, 0.2) is 5.78 Å². The van der Waals surface area contributed by atoms with Crippen LogP contribution in [0.5, 0.6) is 5.75 Å². The third kappa shape index (κ3) is 15.6. The van der Waals surface area contributed by atoms with Gasteiger partial charge < -0.3 is 48.7 Å². The first-order valence-electron chi connectivity index (χ1n) is 17.8. The Hall–Kier alpha value is -4.34. The molecule has 0 radical (unpaired) electrons. The van der Waals surface area contributed by atoms with Gasteiger partial charge in [0.1, 0.15) is 23.9 Å². The standard InChI is InChI=1S/C36H57N7O8/c1-22(2)18-24(36(50)51)21-31(45)30(20-23-10-9-11-25(44)19-23)43-35(49)28-13-4-3-12-26(39)32(46)40-27(14-5-7-16-37)33(47)42-29(34(48)41-28)15-6-8-17-38/h3-4,9-11,19,22,24,26-30,44H,5-8,12-18,20-21,37-39H2,1-2H3,(H,40,46)(H,41,48)(H,42,47)(H,43,49)(H,50,51)/t24-,26+,27+,28+,29+,30+/m1/s1. The number of unbranched alkanes of at least 4 members (excludes halogenated alkanes) is 2. The summed E-state index contributed by atoms with van der Waals surface area (Å²) in [6.07, 6.45) is 5.80. The Bertz CT molecular complexity index is 1350. The topological polar surface area (TPSA) is 269 Å². The number of aromatic hydroxyl groups is 1. The van der Waals surface area contributed by atoms with E-state index in [1.54, 1.807) is 24.3 Å². The molecule has 6 atom stereocenters. The number of aliphatic carboxylic acids is 1. The Kier molecular flexibility index (Phi) is 18.9. The first-order chi connectivity index (χ1) is 24.2. The van der Waals surface area contributed by atoms with Gasteiger partial charge in [-0.05, 0) is 101 Å². The Morgan fingerprint density at radius 3 is 2.04 bits per heavy atom. The molecular formula is C36H57N7O8. The number of rotatable bonds is 18. The zero-order valence-corrected chi connectivity index (χ0v) is 29.8. The number of phenolic OH excluding ortho intramolecular Hbond substituents is 1. The number of benzene rings is 1. The molecule has 0 unspecified atom stereocenters. The van der Waals surface area contributed by atoms with Gasteiger partial charge in [0.25, 0.3) is 0 Å². The fraction of sp³-hybridized carbons (Fsp3) is 0.611. The van der Waals surface area contributed by atoms with Crippen LogP contribution in [0.15, 0.2) is 36.4 Å². The maximum atomic E-state index is 13.9. The van der Waals surface area contributed by atoms with E-state index in [9.17, 15) is 39.0 Å². The molecule has 1 aliphatic rings. The zero-order chi connectivity index (χ0) is 37.9. The lowest BCUT2D eigenvalue weighted by Crippen LogP contribution is -2.58. The number of hydrogen-bond acceptors (Lipinski definition) is 10. The van der Waals surface area contributed by atoms with Gasteiger partial charge in [-0.3, -0.25) is 28.8 Å². The van der Waals surface area contributed by atoms with E-state index in [0.29, 0.717) is 44.3 Å². The van der Waals surface area contributed by atoms with E-state index in [0.717, 1.165) is 0 Å². The molecule has 0 saturated heterocycles. The van der Waals surface area contributed by atoms with Gasteiger partial charge in [0, 0.05) is 6.42 Å². The molecule has 0 aromatic heterocycles. The average Bonchev–Trinajstić information content (AvgIpc) is 3.07. The maximum Gasteiger partial charge on any atom is 0.306 e. The minimum atomic E-state index is -1.22. The summed E-state index contributed by atoms with van der Waals surface area (Å²) in [5.41, 5.74) is 17.9. The van der Waals surface area contributed by atoms with Crippen molar-refractivity contribution < 1.29 is 39.0 Å². The molecular weight excluding hydrogens is 658 g/mol. The molecule has 15 nitrogen and oxygen atoms in total. The van der Waals surface area contributed by atoms with Gasteiger partial charge in [-0.15, -0.1) is 0 Å². The van der Waals surface area contributed by atoms with Crippen LogP contribution in [0.1, 0.15) is 83.6 Å². The van der Waals surface area contributed by atoms with E-state index >= 15 is 0 Å². The van der Waals surface area contributed by atoms with Gasteiger partial charge in [-0.25, -0.2) is 0 Å². The molecule has 0 saturated carbocycles. The van der Waals surface area contributed by atoms with Gasteiger partial charge >= 0.3 is 5.97 Å². The SMILES string of the molecule is CC(C)C[C@H](CC(=O)[C@H](Cc1cccc(O)c1)NC(=O)[C@@H]1CC=CC[C@H](N)C(=O)N[C@@H](CCCCN)C(=O)N[C@@H](CCCCN)C(=O)N1)C(=O)O. The highest BCUT2D eigenvalue weighted by Crippen LogP contribution is 2.20. The maximum absolute atomic E-state index is 13.9. The van der Waals surface area contributed by atoms with Crippen molar-refractivity contribution in [3.8, 4) is 5.75 Å². The number of carboxylic acid groups (broad SMARTS) is 1. The second-order valence-corrected chi connectivity index (χ2v) is 13.6. The van der Waals surface area contributed by atoms with Crippen molar-refractivity contribution in [1.29, 1.82) is 0 Å². The molecule has 1 aromatic carbocycles. The lowest BCUT2D eigenvalue weighted by Gasteiger charge is -2.27. The summed E-state index contributed by atoms with van der Waals surface area (Å²) in [4.78, 5) is 79.7. The smallest absolute Gasteiger partial charge is 0.306 e. The molecule has 0 spiro atoms. The number of ketones is 1. The molecule has 51 heavy (non-hydrogen) atoms. The number of phenols is 1. The zero-order valence-electron chi connectivity index (χ0n) is 29.8. The molecule has 1 aliphatic heterocycles. The van der Waals surface area contributed by atoms with Crippen molar-refractivity contribution >= 4 is 35.4 Å². The summed E-state index contributed by atoms with van der Waals surface area (Å²) in [5, 5.41) is 30.7. The van der Waals surface area contributed by atoms with E-state index in [1.165, 1.54) is 12.1 Å². The highest BCUT2D eigenvalue weighted by Gasteiger charge is 2.33. The summed E-state index contributed by atoms with van der Waals surface area (Å²) in [6.45, 7) is 4.47. The quantitative estimate of drug-likeness (QED) is 0.0747. The molecule has 284 valence electrons. The average molecular weight is 716 g/mol. The number of nitrogens with two attached hydrogens (primary N) is 3. The number of carbonyl (C=O) groups is 6. The Labute approximate surface area is 299 Å². The summed E-state index contributed by atoms with van der Waals surface area (Å²) in [5.74, 6) is -5.16. The molecule has 2 rings (SSSR count). The second kappa shape index (κ2) is 22.5. The van der Waals surface area contributed by atoms with Gasteiger partial charge in [0.2, 0.25) is 23.6 Å². The lowest BCUT2D eigenvalue weighted by atomic mass is 9.89. The molecule has 0 aliphatic carbocycles. The number of carboxylic acids is 1. The van der Waals surface area contributed by atoms with Crippen LogP contribution >= 0.6 is 0 Å². The van der Waals surface area contributed by atoms with Crippen molar-refractivity contribution in [2.75, 3.05) is 13.1 Å². The van der Waals surface area contributed by atoms with Crippen LogP contribution in [-0.2, 0) is 35.2 Å². The third-order valence-electron chi connectivity index (χ3n) is 8.67. The Balaban J connectivity index is 2.44. The van der Waals surface area contributed by atoms with Crippen molar-refractivity contribution in [3.63, 3.8) is 0 Å². The first kappa shape index (κ1) is 42.8. The van der Waals surface area contributed by atoms with Crippen molar-refractivity contribution in [2.45, 2.75) is 115 Å². The normalized spacial score (nSPS) is 21.5. The fourth-order valence-electron chi connectivity index (χ4n) is 5.82. The molecule has 0 bridgehead atoms. The summed E-state index contributed by atoms with van der Waals surface area (Å²) < 4.78 is 0. The highest BCUT2D eigenvalue weighted by atomic mass is 16.4. The Morgan fingerprint density at radius 2 is 1.47 bits per heavy atom. The van der Waals surface area contributed by atoms with E-state index in [-0.39, 0.29) is 56.6 Å². The predicted molar refractivity (Wildman–Crippen MR) is 192 cm³/mol. The minimum absolute atomic E-state index is 0.00318. The number of carbonyl (C=O) groups excluding carboxylic acids is 5. The van der Waals surface area contributed by atoms with Crippen molar-refractivity contribution in [3.05, 3.63) is 42.0 Å². The van der Waals surface area contributed by atoms with Crippen LogP contribution in [0.2, 0.25) is 0 Å². The largest absolute Gasteiger partial charge is 0.508 e. The van der Waals surface area contributed by atoms with E-state index < -0.39 is 71.5 Å². The molecule has 0 fully saturated rings. The van der Waals surface area contributed by atoms with Crippen molar-refractivity contribution in [1.82, 2.24) is 21.3 Å². The van der Waals surface area contributed by atoms with Crippen LogP contribution in [0.4, 0.5) is 0 Å². The summed E-state index contributed by atoms with van der Waals surface area (Å²) in [6, 6.07) is 0.703. The lowest BCUT2D eigenvalue weighted by molar-refractivity contribution is -0.144. The van der Waals surface area contributed by atoms with Gasteiger partial charge in [-0.2, -0.15) is 0 Å². The van der Waals surface area contributed by atoms with Crippen LogP contribution < -0.4 is 38.5 Å². The number of nitrogens with one attached hydrogen (secondary N) is 4.